The molecular formula is C18H19N3O7S. The molecule has 1 aromatic carbocycles. The molecule has 0 saturated carbocycles. The van der Waals surface area contributed by atoms with E-state index in [2.05, 4.69) is 10.9 Å². The maximum Gasteiger partial charge on any atom is 0.305 e. The monoisotopic (exact) mass is 421 g/mol. The highest BCUT2D eigenvalue weighted by molar-refractivity contribution is 7.89. The minimum Gasteiger partial charge on any atom is -0.486 e. The molecule has 154 valence electrons. The summed E-state index contributed by atoms with van der Waals surface area (Å²) in [4.78, 5) is 24.4. The third-order valence-electron chi connectivity index (χ3n) is 4.67. The van der Waals surface area contributed by atoms with Crippen LogP contribution in [-0.4, -0.2) is 50.3 Å². The van der Waals surface area contributed by atoms with Crippen LogP contribution in [0.25, 0.3) is 0 Å². The fourth-order valence-electron chi connectivity index (χ4n) is 3.28. The van der Waals surface area contributed by atoms with E-state index in [0.29, 0.717) is 37.6 Å². The summed E-state index contributed by atoms with van der Waals surface area (Å²) >= 11 is 0. The smallest absolute Gasteiger partial charge is 0.305 e. The first-order valence-electron chi connectivity index (χ1n) is 9.02. The third-order valence-corrected chi connectivity index (χ3v) is 6.57. The number of carbonyl (C=O) groups is 2. The second kappa shape index (κ2) is 7.76. The Balaban J connectivity index is 1.48. The van der Waals surface area contributed by atoms with Gasteiger partial charge in [0.1, 0.15) is 19.3 Å². The topological polar surface area (TPSA) is 127 Å². The largest absolute Gasteiger partial charge is 0.486 e. The minimum atomic E-state index is -3.94. The fourth-order valence-corrected chi connectivity index (χ4v) is 4.95. The molecule has 2 aromatic rings. The predicted octanol–water partition coefficient (Wildman–Crippen LogP) is 0.665. The van der Waals surface area contributed by atoms with Gasteiger partial charge in [0.25, 0.3) is 5.91 Å². The molecule has 29 heavy (non-hydrogen) atoms. The molecular weight excluding hydrogens is 402 g/mol. The van der Waals surface area contributed by atoms with Gasteiger partial charge in [0, 0.05) is 12.6 Å². The lowest BCUT2D eigenvalue weighted by atomic mass is 10.2. The summed E-state index contributed by atoms with van der Waals surface area (Å²) in [6, 6.07) is 6.40. The van der Waals surface area contributed by atoms with Crippen molar-refractivity contribution < 1.29 is 31.9 Å². The number of hydrogen-bond donors (Lipinski definition) is 2. The highest BCUT2D eigenvalue weighted by Crippen LogP contribution is 2.34. The number of amides is 2. The van der Waals surface area contributed by atoms with Crippen molar-refractivity contribution in [1.29, 1.82) is 0 Å². The van der Waals surface area contributed by atoms with Crippen molar-refractivity contribution in [2.45, 2.75) is 23.8 Å². The molecule has 1 atom stereocenters. The van der Waals surface area contributed by atoms with Crippen molar-refractivity contribution in [3.8, 4) is 11.5 Å². The van der Waals surface area contributed by atoms with E-state index in [-0.39, 0.29) is 17.2 Å². The summed E-state index contributed by atoms with van der Waals surface area (Å²) < 4.78 is 43.2. The maximum absolute atomic E-state index is 13.1. The van der Waals surface area contributed by atoms with Crippen LogP contribution in [0.15, 0.2) is 45.9 Å². The first-order chi connectivity index (χ1) is 14.0. The molecule has 2 aliphatic rings. The quantitative estimate of drug-likeness (QED) is 0.695. The number of hydrogen-bond acceptors (Lipinski definition) is 7. The standard InChI is InChI=1S/C18H19N3O7S/c22-17(19-20-18(23)15-4-2-8-26-15)13-3-1-7-21(13)29(24,25)12-5-6-14-16(11-12)28-10-9-27-14/h2,4-6,8,11,13H,1,3,7,9-10H2,(H,19,22)(H,20,23)/t13-/m0/s1. The lowest BCUT2D eigenvalue weighted by Crippen LogP contribution is -2.51. The SMILES string of the molecule is O=C(NNC(=O)[C@@H]1CCCN1S(=O)(=O)c1ccc2c(c1)OCCO2)c1ccco1. The van der Waals surface area contributed by atoms with Crippen LogP contribution in [0.5, 0.6) is 11.5 Å². The first kappa shape index (κ1) is 19.3. The van der Waals surface area contributed by atoms with Crippen LogP contribution in [-0.2, 0) is 14.8 Å². The fraction of sp³-hybridized carbons (Fsp3) is 0.333. The van der Waals surface area contributed by atoms with E-state index in [0.717, 1.165) is 4.31 Å². The van der Waals surface area contributed by atoms with Gasteiger partial charge >= 0.3 is 5.91 Å². The molecule has 2 amide bonds. The number of carbonyl (C=O) groups excluding carboxylic acids is 2. The van der Waals surface area contributed by atoms with Crippen LogP contribution in [0.1, 0.15) is 23.4 Å². The second-order valence-electron chi connectivity index (χ2n) is 6.50. The summed E-state index contributed by atoms with van der Waals surface area (Å²) in [5.41, 5.74) is 4.49. The van der Waals surface area contributed by atoms with Gasteiger partial charge in [-0.2, -0.15) is 4.31 Å². The molecule has 2 aliphatic heterocycles. The predicted molar refractivity (Wildman–Crippen MR) is 98.7 cm³/mol. The molecule has 1 aromatic heterocycles. The number of nitrogens with one attached hydrogen (secondary N) is 2. The van der Waals surface area contributed by atoms with E-state index in [1.54, 1.807) is 0 Å². The van der Waals surface area contributed by atoms with Gasteiger partial charge in [0.2, 0.25) is 10.0 Å². The maximum atomic E-state index is 13.1. The van der Waals surface area contributed by atoms with Gasteiger partial charge < -0.3 is 13.9 Å². The molecule has 0 radical (unpaired) electrons. The molecule has 10 nitrogen and oxygen atoms in total. The number of fused-ring (bicyclic) bond motifs is 1. The summed E-state index contributed by atoms with van der Waals surface area (Å²) in [7, 11) is -3.94. The highest BCUT2D eigenvalue weighted by Gasteiger charge is 2.40. The second-order valence-corrected chi connectivity index (χ2v) is 8.39. The molecule has 11 heteroatoms. The van der Waals surface area contributed by atoms with Crippen molar-refractivity contribution in [2.75, 3.05) is 19.8 Å². The van der Waals surface area contributed by atoms with Crippen LogP contribution in [0.2, 0.25) is 0 Å². The number of nitrogens with zero attached hydrogens (tertiary/aromatic N) is 1. The Kier molecular flexibility index (Phi) is 5.16. The molecule has 3 heterocycles. The van der Waals surface area contributed by atoms with Crippen molar-refractivity contribution in [2.24, 2.45) is 0 Å². The zero-order valence-electron chi connectivity index (χ0n) is 15.3. The molecule has 0 aliphatic carbocycles. The lowest BCUT2D eigenvalue weighted by molar-refractivity contribution is -0.125. The average Bonchev–Trinajstić information content (AvgIpc) is 3.43. The summed E-state index contributed by atoms with van der Waals surface area (Å²) in [6.45, 7) is 0.929. The van der Waals surface area contributed by atoms with Crippen molar-refractivity contribution >= 4 is 21.8 Å². The van der Waals surface area contributed by atoms with E-state index in [4.69, 9.17) is 13.9 Å². The molecule has 0 spiro atoms. The molecule has 0 unspecified atom stereocenters. The van der Waals surface area contributed by atoms with Crippen molar-refractivity contribution in [1.82, 2.24) is 15.2 Å². The van der Waals surface area contributed by atoms with Gasteiger partial charge in [0.15, 0.2) is 17.3 Å². The van der Waals surface area contributed by atoms with Crippen LogP contribution in [0.4, 0.5) is 0 Å². The van der Waals surface area contributed by atoms with E-state index >= 15 is 0 Å². The number of furan rings is 1. The zero-order valence-corrected chi connectivity index (χ0v) is 16.1. The lowest BCUT2D eigenvalue weighted by Gasteiger charge is -2.24. The van der Waals surface area contributed by atoms with Crippen molar-refractivity contribution in [3.05, 3.63) is 42.4 Å². The van der Waals surface area contributed by atoms with Gasteiger partial charge in [0.05, 0.1) is 11.2 Å². The Morgan fingerprint density at radius 3 is 2.62 bits per heavy atom. The first-order valence-corrected chi connectivity index (χ1v) is 10.5. The molecule has 4 rings (SSSR count). The number of hydrazine groups is 1. The number of benzene rings is 1. The Morgan fingerprint density at radius 2 is 1.86 bits per heavy atom. The minimum absolute atomic E-state index is 0.0149. The normalized spacial score (nSPS) is 19.0. The number of rotatable bonds is 4. The van der Waals surface area contributed by atoms with E-state index in [1.165, 1.54) is 36.6 Å². The molecule has 0 bridgehead atoms. The highest BCUT2D eigenvalue weighted by atomic mass is 32.2. The average molecular weight is 421 g/mol. The van der Waals surface area contributed by atoms with Gasteiger partial charge in [-0.05, 0) is 37.1 Å². The Morgan fingerprint density at radius 1 is 1.07 bits per heavy atom. The van der Waals surface area contributed by atoms with Gasteiger partial charge in [-0.15, -0.1) is 0 Å². The van der Waals surface area contributed by atoms with Gasteiger partial charge in [-0.25, -0.2) is 8.42 Å². The zero-order chi connectivity index (χ0) is 20.4. The Labute approximate surface area is 166 Å². The Bertz CT molecular complexity index is 1020. The molecule has 1 saturated heterocycles. The van der Waals surface area contributed by atoms with Gasteiger partial charge in [-0.3, -0.25) is 20.4 Å². The van der Waals surface area contributed by atoms with Crippen LogP contribution < -0.4 is 20.3 Å². The van der Waals surface area contributed by atoms with Gasteiger partial charge in [-0.1, -0.05) is 0 Å². The summed E-state index contributed by atoms with van der Waals surface area (Å²) in [5.74, 6) is -0.404. The van der Waals surface area contributed by atoms with E-state index < -0.39 is 27.9 Å². The molecule has 2 N–H and O–H groups in total. The van der Waals surface area contributed by atoms with Crippen LogP contribution in [0.3, 0.4) is 0 Å². The molecule has 1 fully saturated rings. The number of ether oxygens (including phenoxy) is 2. The van der Waals surface area contributed by atoms with Crippen LogP contribution >= 0.6 is 0 Å². The third kappa shape index (κ3) is 3.78. The Hall–Kier alpha value is -3.05. The van der Waals surface area contributed by atoms with E-state index in [9.17, 15) is 18.0 Å². The van der Waals surface area contributed by atoms with Crippen molar-refractivity contribution in [3.63, 3.8) is 0 Å². The number of sulfonamides is 1. The summed E-state index contributed by atoms with van der Waals surface area (Å²) in [5, 5.41) is 0. The van der Waals surface area contributed by atoms with Crippen LogP contribution in [0, 0.1) is 0 Å². The van der Waals surface area contributed by atoms with E-state index in [1.807, 2.05) is 0 Å². The summed E-state index contributed by atoms with van der Waals surface area (Å²) in [6.07, 6.45) is 2.19.